The molecule has 18 atom stereocenters. The topological polar surface area (TPSA) is 212 Å². The van der Waals surface area contributed by atoms with Gasteiger partial charge in [0, 0.05) is 56.8 Å². The number of aliphatic hydroxyl groups is 2. The van der Waals surface area contributed by atoms with E-state index in [4.69, 9.17) is 33.2 Å². The predicted octanol–water partition coefficient (Wildman–Crippen LogP) is 8.01. The summed E-state index contributed by atoms with van der Waals surface area (Å²) in [6.07, 6.45) is 6.59. The minimum atomic E-state index is -1.41. The number of carbonyl (C=O) groups is 4. The van der Waals surface area contributed by atoms with E-state index in [2.05, 4.69) is 26.1 Å². The molecule has 5 aliphatic heterocycles. The number of nitrogens with zero attached hydrogens (tertiary/aromatic N) is 2. The second kappa shape index (κ2) is 24.4. The number of rotatable bonds is 19. The lowest BCUT2D eigenvalue weighted by atomic mass is 9.72. The molecule has 0 unspecified atom stereocenters. The van der Waals surface area contributed by atoms with Gasteiger partial charge >= 0.3 is 11.9 Å². The SMILES string of the molecule is CC[C@@H](C(=O)[C@@H](C)[C@@H](O)[C@H](C)[C@@H]1O[C@@H]([C@@H](CC)C(=O)NCCOC(=O)/C(C#N)=C/c2ccc(N(C)C)cc2)CC[C@@H]1C)[C@H]1O[C@]2(C=C[C@@H](OC(C)=O)[C@]3(CC[C@@](C)([C@H]4CC[C@](O)(CC)[C@H](C)O4)O3)O2)[C@H](C)C[C@@H]1C. The van der Waals surface area contributed by atoms with Gasteiger partial charge in [0.1, 0.15) is 24.0 Å². The number of ether oxygens (including phenoxy) is 7. The zero-order valence-corrected chi connectivity index (χ0v) is 46.4. The van der Waals surface area contributed by atoms with Gasteiger partial charge in [0.15, 0.2) is 11.9 Å². The normalized spacial score (nSPS) is 36.2. The lowest BCUT2D eigenvalue weighted by molar-refractivity contribution is -0.409. The van der Waals surface area contributed by atoms with Crippen LogP contribution in [0.4, 0.5) is 5.69 Å². The van der Waals surface area contributed by atoms with Gasteiger partial charge in [0.2, 0.25) is 11.7 Å². The molecule has 16 heteroatoms. The molecule has 0 aliphatic carbocycles. The van der Waals surface area contributed by atoms with E-state index in [-0.39, 0.29) is 54.3 Å². The molecule has 0 radical (unpaired) electrons. The van der Waals surface area contributed by atoms with Crippen molar-refractivity contribution >= 4 is 35.4 Å². The number of nitrogens with one attached hydrogen (secondary N) is 1. The van der Waals surface area contributed by atoms with Crippen molar-refractivity contribution in [2.75, 3.05) is 32.1 Å². The molecule has 16 nitrogen and oxygen atoms in total. The van der Waals surface area contributed by atoms with Gasteiger partial charge in [-0.05, 0) is 119 Å². The van der Waals surface area contributed by atoms with Crippen LogP contribution < -0.4 is 10.2 Å². The fraction of sp³-hybridized carbons (Fsp3) is 0.741. The van der Waals surface area contributed by atoms with E-state index in [0.717, 1.165) is 12.1 Å². The molecule has 0 saturated carbocycles. The minimum absolute atomic E-state index is 0.0437. The van der Waals surface area contributed by atoms with Crippen molar-refractivity contribution in [3.8, 4) is 6.07 Å². The number of aliphatic hydroxyl groups excluding tert-OH is 1. The number of hydrogen-bond donors (Lipinski definition) is 3. The predicted molar refractivity (Wildman–Crippen MR) is 279 cm³/mol. The fourth-order valence-corrected chi connectivity index (χ4v) is 12.5. The van der Waals surface area contributed by atoms with E-state index in [1.165, 1.54) is 13.0 Å². The number of amides is 1. The lowest BCUT2D eigenvalue weighted by Crippen LogP contribution is -2.63. The van der Waals surface area contributed by atoms with Gasteiger partial charge in [-0.3, -0.25) is 14.4 Å². The zero-order chi connectivity index (χ0) is 54.5. The van der Waals surface area contributed by atoms with Crippen LogP contribution in [0.5, 0.6) is 0 Å². The molecule has 74 heavy (non-hydrogen) atoms. The molecular formula is C58H87N3O13. The van der Waals surface area contributed by atoms with E-state index >= 15 is 0 Å². The smallest absolute Gasteiger partial charge is 0.348 e. The Labute approximate surface area is 440 Å². The zero-order valence-electron chi connectivity index (χ0n) is 46.4. The van der Waals surface area contributed by atoms with E-state index in [1.807, 2.05) is 96.9 Å². The first-order chi connectivity index (χ1) is 34.9. The van der Waals surface area contributed by atoms with Crippen LogP contribution in [-0.4, -0.2) is 127 Å². The molecule has 4 saturated heterocycles. The highest BCUT2D eigenvalue weighted by Crippen LogP contribution is 2.55. The molecule has 1 aromatic rings. The van der Waals surface area contributed by atoms with Crippen LogP contribution in [0.1, 0.15) is 146 Å². The van der Waals surface area contributed by atoms with Crippen LogP contribution in [0.15, 0.2) is 42.0 Å². The number of carbonyl (C=O) groups excluding carboxylic acids is 4. The average molecular weight is 1030 g/mol. The molecule has 412 valence electrons. The summed E-state index contributed by atoms with van der Waals surface area (Å²) in [5.41, 5.74) is -0.241. The second-order valence-corrected chi connectivity index (χ2v) is 22.7. The van der Waals surface area contributed by atoms with Gasteiger partial charge in [-0.2, -0.15) is 5.26 Å². The van der Waals surface area contributed by atoms with Gasteiger partial charge in [-0.15, -0.1) is 0 Å². The standard InChI is InChI=1S/C58H87N3O13/c1-14-44(53(65)60-29-30-68-54(66)42(33-59)32-41-18-20-43(21-19-41)61(12)13)46-22-17-34(4)51(71-46)38(8)49(63)37(7)50(64)45(15-2)52-35(5)31-36(6)57(72-52)26-24-48(70-40(10)62)58(74-57)28-27-55(11,73-58)47-23-25-56(67,16-3)39(9)69-47/h18-21,24,26,32,34-39,44-49,51-52,63,67H,14-17,22-23,25,27-31H2,1-13H3,(H,60,65)/b42-32+/t34-,35-,36+,37-,38-,39-,44+,45-,46+,47+,48+,49+,51+,52-,55-,56+,57-,58-/m0/s1. The largest absolute Gasteiger partial charge is 0.460 e. The van der Waals surface area contributed by atoms with Gasteiger partial charge in [0.05, 0.1) is 60.3 Å². The molecule has 2 spiro atoms. The molecule has 5 aliphatic rings. The van der Waals surface area contributed by atoms with Crippen LogP contribution in [0.25, 0.3) is 6.08 Å². The second-order valence-electron chi connectivity index (χ2n) is 22.7. The number of hydrogen-bond acceptors (Lipinski definition) is 15. The van der Waals surface area contributed by atoms with Crippen molar-refractivity contribution in [1.29, 1.82) is 5.26 Å². The first-order valence-electron chi connectivity index (χ1n) is 27.4. The van der Waals surface area contributed by atoms with E-state index in [1.54, 1.807) is 13.0 Å². The Morgan fingerprint density at radius 2 is 1.62 bits per heavy atom. The van der Waals surface area contributed by atoms with Crippen molar-refractivity contribution < 1.29 is 62.5 Å². The van der Waals surface area contributed by atoms with Crippen LogP contribution in [-0.2, 0) is 52.3 Å². The molecule has 3 N–H and O–H groups in total. The molecule has 5 heterocycles. The van der Waals surface area contributed by atoms with Gasteiger partial charge in [-0.1, -0.05) is 67.5 Å². The summed E-state index contributed by atoms with van der Waals surface area (Å²) in [5, 5.41) is 35.8. The molecular weight excluding hydrogens is 947 g/mol. The molecule has 4 fully saturated rings. The summed E-state index contributed by atoms with van der Waals surface area (Å²) in [6, 6.07) is 9.30. The number of anilines is 1. The summed E-state index contributed by atoms with van der Waals surface area (Å²) < 4.78 is 45.7. The first-order valence-corrected chi connectivity index (χ1v) is 27.4. The molecule has 6 rings (SSSR count). The van der Waals surface area contributed by atoms with Crippen molar-refractivity contribution in [2.45, 2.75) is 206 Å². The number of benzene rings is 1. The van der Waals surface area contributed by atoms with E-state index < -0.39 is 95.0 Å². The Morgan fingerprint density at radius 1 is 0.932 bits per heavy atom. The Balaban J connectivity index is 1.08. The maximum Gasteiger partial charge on any atom is 0.348 e. The molecule has 0 bridgehead atoms. The lowest BCUT2D eigenvalue weighted by Gasteiger charge is -2.54. The number of Topliss-reactive ketones (excluding diaryl/α,β-unsaturated/α-hetero) is 1. The summed E-state index contributed by atoms with van der Waals surface area (Å²) in [4.78, 5) is 55.8. The molecule has 1 aromatic carbocycles. The number of nitriles is 1. The third-order valence-corrected chi connectivity index (χ3v) is 17.4. The Kier molecular flexibility index (Phi) is 19.5. The van der Waals surface area contributed by atoms with Crippen molar-refractivity contribution in [3.63, 3.8) is 0 Å². The summed E-state index contributed by atoms with van der Waals surface area (Å²) in [5.74, 6) is -6.90. The van der Waals surface area contributed by atoms with Crippen LogP contribution in [0.2, 0.25) is 0 Å². The van der Waals surface area contributed by atoms with Crippen molar-refractivity contribution in [1.82, 2.24) is 5.32 Å². The van der Waals surface area contributed by atoms with E-state index in [9.17, 15) is 34.7 Å². The number of ketones is 1. The van der Waals surface area contributed by atoms with Crippen LogP contribution in [0, 0.1) is 52.8 Å². The summed E-state index contributed by atoms with van der Waals surface area (Å²) >= 11 is 0. The fourth-order valence-electron chi connectivity index (χ4n) is 12.5. The highest BCUT2D eigenvalue weighted by atomic mass is 16.8. The Bertz CT molecular complexity index is 2230. The van der Waals surface area contributed by atoms with Crippen molar-refractivity contribution in [2.24, 2.45) is 41.4 Å². The van der Waals surface area contributed by atoms with Gasteiger partial charge < -0.3 is 53.6 Å². The molecule has 0 aromatic heterocycles. The molecule has 1 amide bonds. The summed E-state index contributed by atoms with van der Waals surface area (Å²) in [6.45, 7) is 20.9. The minimum Gasteiger partial charge on any atom is -0.460 e. The highest BCUT2D eigenvalue weighted by Gasteiger charge is 2.64. The van der Waals surface area contributed by atoms with E-state index in [0.29, 0.717) is 63.4 Å². The highest BCUT2D eigenvalue weighted by molar-refractivity contribution is 5.98. The van der Waals surface area contributed by atoms with Gasteiger partial charge in [-0.25, -0.2) is 4.79 Å². The Morgan fingerprint density at radius 3 is 2.23 bits per heavy atom. The average Bonchev–Trinajstić information content (AvgIpc) is 3.71. The number of esters is 2. The summed E-state index contributed by atoms with van der Waals surface area (Å²) in [7, 11) is 3.84. The first kappa shape index (κ1) is 59.0. The Hall–Kier alpha value is -4.21. The third-order valence-electron chi connectivity index (χ3n) is 17.4. The van der Waals surface area contributed by atoms with Crippen LogP contribution >= 0.6 is 0 Å². The van der Waals surface area contributed by atoms with Gasteiger partial charge in [0.25, 0.3) is 0 Å². The maximum atomic E-state index is 14.8. The van der Waals surface area contributed by atoms with Crippen LogP contribution in [0.3, 0.4) is 0 Å². The quantitative estimate of drug-likeness (QED) is 0.0394. The van der Waals surface area contributed by atoms with Crippen molar-refractivity contribution in [3.05, 3.63) is 47.6 Å². The maximum absolute atomic E-state index is 14.8. The third kappa shape index (κ3) is 12.6. The monoisotopic (exact) mass is 1030 g/mol.